The highest BCUT2D eigenvalue weighted by Crippen LogP contribution is 2.37. The Morgan fingerprint density at radius 2 is 1.95 bits per heavy atom. The molecule has 0 aliphatic carbocycles. The molecule has 0 spiro atoms. The van der Waals surface area contributed by atoms with Crippen molar-refractivity contribution in [2.24, 2.45) is 10.9 Å². The van der Waals surface area contributed by atoms with Crippen molar-refractivity contribution in [3.05, 3.63) is 42.2 Å². The highest BCUT2D eigenvalue weighted by atomic mass is 32.2. The van der Waals surface area contributed by atoms with Crippen molar-refractivity contribution in [2.75, 3.05) is 40.2 Å². The van der Waals surface area contributed by atoms with Gasteiger partial charge in [0.05, 0.1) is 41.8 Å². The van der Waals surface area contributed by atoms with Gasteiger partial charge in [0.2, 0.25) is 5.88 Å². The van der Waals surface area contributed by atoms with E-state index in [9.17, 15) is 18.3 Å². The SMILES string of the molecule is CCC(C(=O)O)C1CN=C(c2cc3cc(Oc4ccc(S(C)(=O)=O)cn4)cc(OC(COC)COC)c3[nH]2)S1. The molecule has 2 atom stereocenters. The third-order valence-electron chi connectivity index (χ3n) is 6.14. The summed E-state index contributed by atoms with van der Waals surface area (Å²) in [6.45, 7) is 2.88. The van der Waals surface area contributed by atoms with E-state index in [1.807, 2.05) is 13.0 Å². The molecule has 3 aromatic rings. The molecule has 210 valence electrons. The third-order valence-corrected chi connectivity index (χ3v) is 8.59. The quantitative estimate of drug-likeness (QED) is 0.307. The van der Waals surface area contributed by atoms with E-state index in [1.54, 1.807) is 26.4 Å². The maximum atomic E-state index is 11.8. The van der Waals surface area contributed by atoms with E-state index in [4.69, 9.17) is 18.9 Å². The molecular formula is C26H31N3O8S2. The number of aliphatic carboxylic acids is 1. The van der Waals surface area contributed by atoms with Gasteiger partial charge in [0.25, 0.3) is 0 Å². The number of nitrogens with one attached hydrogen (secondary N) is 1. The standard InChI is InChI=1S/C26H31N3O8S2/c1-5-19(26(30)31)22-12-28-25(38-22)20-9-15-8-16(37-23-7-6-18(11-27-23)39(4,32)33)10-21(24(15)29-20)36-17(13-34-2)14-35-3/h6-11,17,19,22,29H,5,12-14H2,1-4H3,(H,30,31). The predicted octanol–water partition coefficient (Wildman–Crippen LogP) is 3.77. The van der Waals surface area contributed by atoms with Crippen LogP contribution >= 0.6 is 11.8 Å². The van der Waals surface area contributed by atoms with Gasteiger partial charge in [0.1, 0.15) is 22.6 Å². The van der Waals surface area contributed by atoms with Crippen LogP contribution in [0, 0.1) is 5.92 Å². The number of ether oxygens (including phenoxy) is 4. The molecule has 0 saturated heterocycles. The number of carboxylic acid groups (broad SMARTS) is 1. The molecule has 0 amide bonds. The van der Waals surface area contributed by atoms with E-state index >= 15 is 0 Å². The third kappa shape index (κ3) is 6.90. The predicted molar refractivity (Wildman–Crippen MR) is 148 cm³/mol. The number of aromatic amines is 1. The molecule has 0 bridgehead atoms. The number of pyridine rings is 1. The van der Waals surface area contributed by atoms with Crippen molar-refractivity contribution >= 4 is 43.5 Å². The smallest absolute Gasteiger partial charge is 0.307 e. The van der Waals surface area contributed by atoms with E-state index in [0.717, 1.165) is 22.4 Å². The van der Waals surface area contributed by atoms with Crippen molar-refractivity contribution in [1.29, 1.82) is 0 Å². The van der Waals surface area contributed by atoms with Crippen molar-refractivity contribution in [1.82, 2.24) is 9.97 Å². The van der Waals surface area contributed by atoms with Gasteiger partial charge in [-0.1, -0.05) is 18.7 Å². The summed E-state index contributed by atoms with van der Waals surface area (Å²) in [4.78, 5) is 23.9. The number of carbonyl (C=O) groups is 1. The van der Waals surface area contributed by atoms with Gasteiger partial charge in [-0.15, -0.1) is 0 Å². The van der Waals surface area contributed by atoms with Gasteiger partial charge < -0.3 is 29.0 Å². The number of carboxylic acids is 1. The molecule has 1 aliphatic heterocycles. The van der Waals surface area contributed by atoms with Crippen LogP contribution in [0.1, 0.15) is 19.0 Å². The Labute approximate surface area is 230 Å². The van der Waals surface area contributed by atoms with Crippen molar-refractivity contribution < 1.29 is 37.3 Å². The summed E-state index contributed by atoms with van der Waals surface area (Å²) in [5, 5.41) is 10.9. The molecule has 3 heterocycles. The summed E-state index contributed by atoms with van der Waals surface area (Å²) in [5.74, 6) is -0.178. The lowest BCUT2D eigenvalue weighted by Gasteiger charge is -2.19. The second kappa shape index (κ2) is 12.4. The van der Waals surface area contributed by atoms with Crippen LogP contribution < -0.4 is 9.47 Å². The minimum atomic E-state index is -3.39. The second-order valence-electron chi connectivity index (χ2n) is 9.08. The van der Waals surface area contributed by atoms with Crippen LogP contribution in [0.15, 0.2) is 46.4 Å². The van der Waals surface area contributed by atoms with E-state index < -0.39 is 27.8 Å². The van der Waals surface area contributed by atoms with E-state index in [1.165, 1.54) is 30.1 Å². The molecule has 11 nitrogen and oxygen atoms in total. The van der Waals surface area contributed by atoms with E-state index in [-0.39, 0.29) is 16.0 Å². The van der Waals surface area contributed by atoms with Gasteiger partial charge in [-0.05, 0) is 24.6 Å². The van der Waals surface area contributed by atoms with Gasteiger partial charge >= 0.3 is 5.97 Å². The molecule has 0 fully saturated rings. The van der Waals surface area contributed by atoms with Gasteiger partial charge in [-0.3, -0.25) is 9.79 Å². The summed E-state index contributed by atoms with van der Waals surface area (Å²) >= 11 is 1.45. The molecular weight excluding hydrogens is 546 g/mol. The van der Waals surface area contributed by atoms with Crippen LogP contribution in [0.3, 0.4) is 0 Å². The van der Waals surface area contributed by atoms with E-state index in [2.05, 4.69) is 15.0 Å². The average molecular weight is 578 g/mol. The first-order valence-electron chi connectivity index (χ1n) is 12.2. The van der Waals surface area contributed by atoms with Gasteiger partial charge in [0.15, 0.2) is 9.84 Å². The molecule has 0 radical (unpaired) electrons. The van der Waals surface area contributed by atoms with Gasteiger partial charge in [0, 0.05) is 49.4 Å². The van der Waals surface area contributed by atoms with Crippen LogP contribution in [0.2, 0.25) is 0 Å². The Morgan fingerprint density at radius 3 is 2.54 bits per heavy atom. The average Bonchev–Trinajstić information content (AvgIpc) is 3.52. The number of benzene rings is 1. The summed E-state index contributed by atoms with van der Waals surface area (Å²) < 4.78 is 46.3. The number of H-pyrrole nitrogens is 1. The Hall–Kier alpha value is -3.13. The maximum Gasteiger partial charge on any atom is 0.307 e. The lowest BCUT2D eigenvalue weighted by molar-refractivity contribution is -0.141. The number of fused-ring (bicyclic) bond motifs is 1. The zero-order chi connectivity index (χ0) is 28.2. The van der Waals surface area contributed by atoms with Crippen LogP contribution in [-0.4, -0.2) is 86.1 Å². The largest absolute Gasteiger partial charge is 0.483 e. The Balaban J connectivity index is 1.67. The van der Waals surface area contributed by atoms with Crippen molar-refractivity contribution in [3.8, 4) is 17.4 Å². The maximum absolute atomic E-state index is 11.8. The molecule has 0 saturated carbocycles. The Kier molecular flexibility index (Phi) is 9.15. The molecule has 39 heavy (non-hydrogen) atoms. The number of rotatable bonds is 13. The zero-order valence-corrected chi connectivity index (χ0v) is 23.7. The molecule has 4 rings (SSSR count). The minimum Gasteiger partial charge on any atom is -0.483 e. The van der Waals surface area contributed by atoms with Crippen LogP contribution in [-0.2, 0) is 24.1 Å². The monoisotopic (exact) mass is 577 g/mol. The fourth-order valence-corrected chi connectivity index (χ4v) is 6.09. The summed E-state index contributed by atoms with van der Waals surface area (Å²) in [5.41, 5.74) is 1.44. The fraction of sp³-hybridized carbons (Fsp3) is 0.423. The first-order chi connectivity index (χ1) is 18.6. The van der Waals surface area contributed by atoms with Crippen molar-refractivity contribution in [2.45, 2.75) is 29.6 Å². The normalized spacial score (nSPS) is 16.4. The molecule has 1 aromatic carbocycles. The molecule has 1 aliphatic rings. The number of thioether (sulfide) groups is 1. The summed E-state index contributed by atoms with van der Waals surface area (Å²) in [7, 11) is -0.234. The Morgan fingerprint density at radius 1 is 1.21 bits per heavy atom. The number of hydrogen-bond donors (Lipinski definition) is 2. The number of methoxy groups -OCH3 is 2. The topological polar surface area (TPSA) is 149 Å². The number of aromatic nitrogens is 2. The molecule has 2 unspecified atom stereocenters. The van der Waals surface area contributed by atoms with Crippen LogP contribution in [0.25, 0.3) is 10.9 Å². The molecule has 13 heteroatoms. The van der Waals surface area contributed by atoms with E-state index in [0.29, 0.717) is 43.2 Å². The number of hydrogen-bond acceptors (Lipinski definition) is 10. The minimum absolute atomic E-state index is 0.0907. The van der Waals surface area contributed by atoms with Gasteiger partial charge in [-0.2, -0.15) is 0 Å². The lowest BCUT2D eigenvalue weighted by Crippen LogP contribution is -2.27. The van der Waals surface area contributed by atoms with Crippen molar-refractivity contribution in [3.63, 3.8) is 0 Å². The zero-order valence-electron chi connectivity index (χ0n) is 22.0. The highest BCUT2D eigenvalue weighted by molar-refractivity contribution is 8.15. The highest BCUT2D eigenvalue weighted by Gasteiger charge is 2.33. The van der Waals surface area contributed by atoms with Crippen LogP contribution in [0.4, 0.5) is 0 Å². The fourth-order valence-electron chi connectivity index (χ4n) is 4.23. The first-order valence-corrected chi connectivity index (χ1v) is 15.0. The second-order valence-corrected chi connectivity index (χ2v) is 12.3. The van der Waals surface area contributed by atoms with Crippen LogP contribution in [0.5, 0.6) is 17.4 Å². The molecule has 2 aromatic heterocycles. The number of aliphatic imine (C=N–C) groups is 1. The molecule has 2 N–H and O–H groups in total. The number of sulfone groups is 1. The Bertz CT molecular complexity index is 1450. The summed E-state index contributed by atoms with van der Waals surface area (Å²) in [6, 6.07) is 8.34. The lowest BCUT2D eigenvalue weighted by atomic mass is 10.0. The first kappa shape index (κ1) is 28.9. The van der Waals surface area contributed by atoms with Gasteiger partial charge in [-0.25, -0.2) is 13.4 Å². The summed E-state index contributed by atoms with van der Waals surface area (Å²) in [6.07, 6.45) is 2.48. The number of nitrogens with zero attached hydrogens (tertiary/aromatic N) is 2.